The number of anilines is 2. The molecule has 1 aromatic carbocycles. The summed E-state index contributed by atoms with van der Waals surface area (Å²) in [5.41, 5.74) is 3.72. The van der Waals surface area contributed by atoms with Crippen LogP contribution in [0.25, 0.3) is 0 Å². The minimum atomic E-state index is -0.241. The molecule has 3 amide bonds. The predicted octanol–water partition coefficient (Wildman–Crippen LogP) is 5.52. The van der Waals surface area contributed by atoms with Crippen LogP contribution in [0, 0.1) is 13.8 Å². The summed E-state index contributed by atoms with van der Waals surface area (Å²) >= 11 is 1.38. The third-order valence-corrected chi connectivity index (χ3v) is 7.70. The normalized spacial score (nSPS) is 14.4. The number of aryl methyl sites for hydroxylation is 2. The number of nitrogens with one attached hydrogen (secondary N) is 2. The monoisotopic (exact) mass is 522 g/mol. The number of pyridine rings is 1. The van der Waals surface area contributed by atoms with Crippen LogP contribution in [0.3, 0.4) is 0 Å². The van der Waals surface area contributed by atoms with Crippen molar-refractivity contribution in [1.29, 1.82) is 0 Å². The summed E-state index contributed by atoms with van der Waals surface area (Å²) in [6, 6.07) is 9.11. The molecule has 1 saturated heterocycles. The van der Waals surface area contributed by atoms with E-state index in [2.05, 4.69) is 41.6 Å². The van der Waals surface area contributed by atoms with Crippen molar-refractivity contribution in [3.05, 3.63) is 57.9 Å². The zero-order valence-electron chi connectivity index (χ0n) is 22.2. The maximum Gasteiger partial charge on any atom is 0.321 e. The number of amides is 3. The van der Waals surface area contributed by atoms with Gasteiger partial charge in [0.1, 0.15) is 10.8 Å². The number of ether oxygens (including phenoxy) is 1. The number of aromatic nitrogens is 3. The minimum absolute atomic E-state index is 0.0759. The van der Waals surface area contributed by atoms with Crippen LogP contribution in [-0.4, -0.2) is 52.2 Å². The van der Waals surface area contributed by atoms with Gasteiger partial charge < -0.3 is 15.0 Å². The molecular formula is C27H34N6O3S. The number of benzene rings is 1. The van der Waals surface area contributed by atoms with E-state index in [0.29, 0.717) is 23.8 Å². The van der Waals surface area contributed by atoms with Gasteiger partial charge in [0.15, 0.2) is 0 Å². The molecule has 1 aliphatic rings. The highest BCUT2D eigenvalue weighted by Gasteiger charge is 2.29. The van der Waals surface area contributed by atoms with Crippen LogP contribution in [0.5, 0.6) is 5.75 Å². The van der Waals surface area contributed by atoms with Gasteiger partial charge in [0, 0.05) is 35.8 Å². The summed E-state index contributed by atoms with van der Waals surface area (Å²) in [6.07, 6.45) is 1.44. The van der Waals surface area contributed by atoms with Gasteiger partial charge in [-0.1, -0.05) is 32.1 Å². The first-order chi connectivity index (χ1) is 17.5. The molecule has 196 valence electrons. The molecule has 37 heavy (non-hydrogen) atoms. The summed E-state index contributed by atoms with van der Waals surface area (Å²) < 4.78 is 5.24. The largest absolute Gasteiger partial charge is 0.497 e. The molecule has 1 aliphatic heterocycles. The van der Waals surface area contributed by atoms with Gasteiger partial charge in [-0.2, -0.15) is 0 Å². The second kappa shape index (κ2) is 10.8. The van der Waals surface area contributed by atoms with Gasteiger partial charge in [0.25, 0.3) is 5.91 Å². The Morgan fingerprint density at radius 2 is 1.78 bits per heavy atom. The third kappa shape index (κ3) is 6.25. The van der Waals surface area contributed by atoms with Crippen LogP contribution in [-0.2, 0) is 5.41 Å². The van der Waals surface area contributed by atoms with Crippen LogP contribution in [0.4, 0.5) is 15.6 Å². The van der Waals surface area contributed by atoms with Crippen molar-refractivity contribution in [3.8, 4) is 5.75 Å². The van der Waals surface area contributed by atoms with E-state index in [9.17, 15) is 9.59 Å². The number of hydrogen-bond acceptors (Lipinski definition) is 7. The van der Waals surface area contributed by atoms with Crippen molar-refractivity contribution >= 4 is 34.1 Å². The number of rotatable bonds is 5. The van der Waals surface area contributed by atoms with Gasteiger partial charge in [-0.25, -0.2) is 4.79 Å². The van der Waals surface area contributed by atoms with Crippen molar-refractivity contribution in [2.45, 2.75) is 58.8 Å². The van der Waals surface area contributed by atoms with E-state index < -0.39 is 0 Å². The SMILES string of the molecule is COc1ccc(NC(=O)N2CCC(c3nc(C)ccc3C(=O)Nc3nnc(C(C)(C)C)s3)CC2)c(C)c1. The standard InChI is InChI=1S/C27H34N6O3S/c1-16-15-19(36-6)8-10-21(16)29-26(35)33-13-11-18(12-14-33)22-20(9-7-17(2)28-22)23(34)30-25-32-31-24(37-25)27(3,4)5/h7-10,15,18H,11-14H2,1-6H3,(H,29,35)(H,30,32,34). The first-order valence-corrected chi connectivity index (χ1v) is 13.2. The first kappa shape index (κ1) is 26.5. The second-order valence-electron chi connectivity index (χ2n) is 10.4. The highest BCUT2D eigenvalue weighted by Crippen LogP contribution is 2.32. The molecule has 0 bridgehead atoms. The van der Waals surface area contributed by atoms with E-state index in [-0.39, 0.29) is 23.3 Å². The Balaban J connectivity index is 1.42. The van der Waals surface area contributed by atoms with Crippen molar-refractivity contribution in [2.75, 3.05) is 30.8 Å². The minimum Gasteiger partial charge on any atom is -0.497 e. The molecule has 3 aromatic rings. The zero-order valence-corrected chi connectivity index (χ0v) is 23.0. The quantitative estimate of drug-likeness (QED) is 0.457. The fraction of sp³-hybridized carbons (Fsp3) is 0.444. The molecule has 4 rings (SSSR count). The number of piperidine rings is 1. The predicted molar refractivity (Wildman–Crippen MR) is 146 cm³/mol. The molecule has 0 unspecified atom stereocenters. The summed E-state index contributed by atoms with van der Waals surface area (Å²) in [5.74, 6) is 0.587. The average Bonchev–Trinajstić information content (AvgIpc) is 3.34. The summed E-state index contributed by atoms with van der Waals surface area (Å²) in [4.78, 5) is 32.7. The van der Waals surface area contributed by atoms with Crippen molar-refractivity contribution < 1.29 is 14.3 Å². The number of methoxy groups -OCH3 is 1. The number of nitrogens with zero attached hydrogens (tertiary/aromatic N) is 4. The van der Waals surface area contributed by atoms with Gasteiger partial charge in [0.2, 0.25) is 5.13 Å². The van der Waals surface area contributed by atoms with Crippen molar-refractivity contribution in [3.63, 3.8) is 0 Å². The maximum absolute atomic E-state index is 13.2. The lowest BCUT2D eigenvalue weighted by molar-refractivity contribution is 0.102. The molecule has 0 atom stereocenters. The smallest absolute Gasteiger partial charge is 0.321 e. The van der Waals surface area contributed by atoms with Gasteiger partial charge in [-0.05, 0) is 62.6 Å². The van der Waals surface area contributed by atoms with Gasteiger partial charge in [-0.15, -0.1) is 10.2 Å². The Hall–Kier alpha value is -3.53. The molecule has 0 radical (unpaired) electrons. The van der Waals surface area contributed by atoms with Gasteiger partial charge >= 0.3 is 6.03 Å². The Morgan fingerprint density at radius 3 is 2.41 bits per heavy atom. The number of urea groups is 1. The van der Waals surface area contributed by atoms with Crippen molar-refractivity contribution in [1.82, 2.24) is 20.1 Å². The van der Waals surface area contributed by atoms with E-state index in [1.165, 1.54) is 11.3 Å². The van der Waals surface area contributed by atoms with Crippen molar-refractivity contribution in [2.24, 2.45) is 0 Å². The highest BCUT2D eigenvalue weighted by atomic mass is 32.1. The summed E-state index contributed by atoms with van der Waals surface area (Å²) in [7, 11) is 1.62. The summed E-state index contributed by atoms with van der Waals surface area (Å²) in [6.45, 7) is 11.2. The van der Waals surface area contributed by atoms with E-state index in [4.69, 9.17) is 9.72 Å². The van der Waals surface area contributed by atoms with Gasteiger partial charge in [0.05, 0.1) is 18.4 Å². The van der Waals surface area contributed by atoms with E-state index in [1.807, 2.05) is 49.1 Å². The molecule has 9 nitrogen and oxygen atoms in total. The second-order valence-corrected chi connectivity index (χ2v) is 11.4. The van der Waals surface area contributed by atoms with Gasteiger partial charge in [-0.3, -0.25) is 15.1 Å². The van der Waals surface area contributed by atoms with Crippen LogP contribution in [0.2, 0.25) is 0 Å². The molecule has 1 fully saturated rings. The number of likely N-dealkylation sites (tertiary alicyclic amines) is 1. The summed E-state index contributed by atoms with van der Waals surface area (Å²) in [5, 5.41) is 15.6. The molecule has 10 heteroatoms. The number of hydrogen-bond donors (Lipinski definition) is 2. The lowest BCUT2D eigenvalue weighted by atomic mass is 9.90. The first-order valence-electron chi connectivity index (χ1n) is 12.4. The zero-order chi connectivity index (χ0) is 26.7. The number of carbonyl (C=O) groups is 2. The fourth-order valence-corrected chi connectivity index (χ4v) is 5.07. The molecule has 2 aromatic heterocycles. The Bertz CT molecular complexity index is 1290. The van der Waals surface area contributed by atoms with Crippen LogP contribution >= 0.6 is 11.3 Å². The average molecular weight is 523 g/mol. The highest BCUT2D eigenvalue weighted by molar-refractivity contribution is 7.15. The maximum atomic E-state index is 13.2. The van der Waals surface area contributed by atoms with Crippen LogP contribution in [0.1, 0.15) is 71.8 Å². The Morgan fingerprint density at radius 1 is 1.05 bits per heavy atom. The van der Waals surface area contributed by atoms with E-state index in [1.54, 1.807) is 7.11 Å². The molecule has 0 saturated carbocycles. The molecule has 3 heterocycles. The van der Waals surface area contributed by atoms with Crippen LogP contribution < -0.4 is 15.4 Å². The molecule has 2 N–H and O–H groups in total. The molecule has 0 spiro atoms. The lowest BCUT2D eigenvalue weighted by Gasteiger charge is -2.32. The lowest BCUT2D eigenvalue weighted by Crippen LogP contribution is -2.41. The topological polar surface area (TPSA) is 109 Å². The Labute approximate surface area is 221 Å². The molecular weight excluding hydrogens is 488 g/mol. The Kier molecular flexibility index (Phi) is 7.77. The van der Waals surface area contributed by atoms with Crippen LogP contribution in [0.15, 0.2) is 30.3 Å². The number of carbonyl (C=O) groups excluding carboxylic acids is 2. The third-order valence-electron chi connectivity index (χ3n) is 6.44. The molecule has 0 aliphatic carbocycles. The van der Waals surface area contributed by atoms with E-state index >= 15 is 0 Å². The van der Waals surface area contributed by atoms with E-state index in [0.717, 1.165) is 46.2 Å². The fourth-order valence-electron chi connectivity index (χ4n) is 4.27.